The maximum absolute atomic E-state index is 5.63. The minimum Gasteiger partial charge on any atom is -0.383 e. The zero-order valence-corrected chi connectivity index (χ0v) is 8.86. The second kappa shape index (κ2) is 4.69. The molecule has 1 aromatic heterocycles. The first-order valence-corrected chi connectivity index (χ1v) is 4.76. The summed E-state index contributed by atoms with van der Waals surface area (Å²) in [6.45, 7) is 6.11. The van der Waals surface area contributed by atoms with E-state index >= 15 is 0 Å². The van der Waals surface area contributed by atoms with Gasteiger partial charge in [0.2, 0.25) is 0 Å². The zero-order chi connectivity index (χ0) is 10.6. The maximum Gasteiger partial charge on any atom is 0.159 e. The van der Waals surface area contributed by atoms with Crippen LogP contribution in [0.2, 0.25) is 0 Å². The van der Waals surface area contributed by atoms with Gasteiger partial charge in [0, 0.05) is 11.8 Å². The second-order valence-corrected chi connectivity index (χ2v) is 3.37. The number of hydrogen-bond donors (Lipinski definition) is 1. The lowest BCUT2D eigenvalue weighted by Gasteiger charge is -2.02. The Hall–Kier alpha value is -1.45. The van der Waals surface area contributed by atoms with Crippen LogP contribution < -0.4 is 5.73 Å². The van der Waals surface area contributed by atoms with Gasteiger partial charge >= 0.3 is 0 Å². The molecule has 0 aliphatic carbocycles. The van der Waals surface area contributed by atoms with E-state index in [0.717, 1.165) is 12.0 Å². The van der Waals surface area contributed by atoms with Crippen molar-refractivity contribution in [2.24, 2.45) is 10.9 Å². The SMILES string of the molecule is CCC(C)C=Nc1ncnc(N)c1C. The van der Waals surface area contributed by atoms with E-state index in [2.05, 4.69) is 28.8 Å². The Bertz CT molecular complexity index is 333. The van der Waals surface area contributed by atoms with Crippen LogP contribution >= 0.6 is 0 Å². The van der Waals surface area contributed by atoms with E-state index in [1.165, 1.54) is 6.33 Å². The maximum atomic E-state index is 5.63. The summed E-state index contributed by atoms with van der Waals surface area (Å²) in [5.74, 6) is 1.62. The molecule has 0 radical (unpaired) electrons. The van der Waals surface area contributed by atoms with Crippen LogP contribution in [0.4, 0.5) is 11.6 Å². The molecule has 1 atom stereocenters. The summed E-state index contributed by atoms with van der Waals surface area (Å²) in [4.78, 5) is 12.2. The topological polar surface area (TPSA) is 64.2 Å². The van der Waals surface area contributed by atoms with Gasteiger partial charge < -0.3 is 5.73 Å². The van der Waals surface area contributed by atoms with E-state index in [4.69, 9.17) is 5.73 Å². The second-order valence-electron chi connectivity index (χ2n) is 3.37. The average Bonchev–Trinajstić information content (AvgIpc) is 2.20. The minimum atomic E-state index is 0.464. The van der Waals surface area contributed by atoms with Crippen molar-refractivity contribution in [3.05, 3.63) is 11.9 Å². The van der Waals surface area contributed by atoms with Gasteiger partial charge in [-0.15, -0.1) is 0 Å². The van der Waals surface area contributed by atoms with Gasteiger partial charge in [0.15, 0.2) is 5.82 Å². The van der Waals surface area contributed by atoms with Gasteiger partial charge in [0.25, 0.3) is 0 Å². The van der Waals surface area contributed by atoms with Crippen molar-refractivity contribution in [3.63, 3.8) is 0 Å². The van der Waals surface area contributed by atoms with E-state index in [-0.39, 0.29) is 0 Å². The van der Waals surface area contributed by atoms with Crippen molar-refractivity contribution < 1.29 is 0 Å². The van der Waals surface area contributed by atoms with Gasteiger partial charge in [-0.1, -0.05) is 13.8 Å². The Kier molecular flexibility index (Phi) is 3.56. The van der Waals surface area contributed by atoms with Gasteiger partial charge in [0.1, 0.15) is 12.1 Å². The van der Waals surface area contributed by atoms with Gasteiger partial charge in [-0.25, -0.2) is 15.0 Å². The number of rotatable bonds is 3. The van der Waals surface area contributed by atoms with E-state index in [0.29, 0.717) is 17.6 Å². The highest BCUT2D eigenvalue weighted by Crippen LogP contribution is 2.18. The summed E-state index contributed by atoms with van der Waals surface area (Å²) >= 11 is 0. The minimum absolute atomic E-state index is 0.464. The molecule has 0 aliphatic rings. The van der Waals surface area contributed by atoms with Crippen LogP contribution in [-0.4, -0.2) is 16.2 Å². The largest absolute Gasteiger partial charge is 0.383 e. The number of anilines is 1. The molecular formula is C10H16N4. The van der Waals surface area contributed by atoms with Crippen molar-refractivity contribution in [1.82, 2.24) is 9.97 Å². The molecule has 1 rings (SSSR count). The fraction of sp³-hybridized carbons (Fsp3) is 0.500. The van der Waals surface area contributed by atoms with Crippen molar-refractivity contribution in [3.8, 4) is 0 Å². The van der Waals surface area contributed by atoms with Crippen LogP contribution in [0.3, 0.4) is 0 Å². The molecule has 1 aromatic rings. The van der Waals surface area contributed by atoms with Crippen molar-refractivity contribution in [1.29, 1.82) is 0 Å². The molecule has 1 unspecified atom stereocenters. The van der Waals surface area contributed by atoms with E-state index < -0.39 is 0 Å². The number of aliphatic imine (C=N–C) groups is 1. The smallest absolute Gasteiger partial charge is 0.159 e. The molecule has 0 saturated carbocycles. The molecule has 0 bridgehead atoms. The first kappa shape index (κ1) is 10.6. The molecule has 0 fully saturated rings. The summed E-state index contributed by atoms with van der Waals surface area (Å²) in [5, 5.41) is 0. The summed E-state index contributed by atoms with van der Waals surface area (Å²) in [7, 11) is 0. The third-order valence-electron chi connectivity index (χ3n) is 2.19. The predicted molar refractivity (Wildman–Crippen MR) is 58.8 cm³/mol. The van der Waals surface area contributed by atoms with Gasteiger partial charge in [0.05, 0.1) is 0 Å². The molecule has 0 amide bonds. The lowest BCUT2D eigenvalue weighted by molar-refractivity contribution is 0.754. The first-order valence-electron chi connectivity index (χ1n) is 4.76. The molecule has 1 heterocycles. The Labute approximate surface area is 84.3 Å². The van der Waals surface area contributed by atoms with Crippen LogP contribution in [0, 0.1) is 12.8 Å². The van der Waals surface area contributed by atoms with Crippen molar-refractivity contribution in [2.45, 2.75) is 27.2 Å². The van der Waals surface area contributed by atoms with E-state index in [1.54, 1.807) is 0 Å². The molecule has 2 N–H and O–H groups in total. The Balaban J connectivity index is 2.86. The molecule has 0 aromatic carbocycles. The Morgan fingerprint density at radius 2 is 2.29 bits per heavy atom. The Morgan fingerprint density at radius 1 is 1.57 bits per heavy atom. The number of nitrogens with zero attached hydrogens (tertiary/aromatic N) is 3. The van der Waals surface area contributed by atoms with Crippen molar-refractivity contribution >= 4 is 17.9 Å². The predicted octanol–water partition coefficient (Wildman–Crippen LogP) is 2.12. The van der Waals surface area contributed by atoms with Crippen molar-refractivity contribution in [2.75, 3.05) is 5.73 Å². The summed E-state index contributed by atoms with van der Waals surface area (Å²) in [6.07, 6.45) is 4.41. The molecule has 4 heteroatoms. The molecular weight excluding hydrogens is 176 g/mol. The average molecular weight is 192 g/mol. The standard InChI is InChI=1S/C10H16N4/c1-4-7(2)5-12-10-8(3)9(11)13-6-14-10/h5-7H,4H2,1-3H3,(H2,11,13,14). The highest BCUT2D eigenvalue weighted by Gasteiger charge is 2.01. The van der Waals surface area contributed by atoms with Crippen LogP contribution in [0.1, 0.15) is 25.8 Å². The summed E-state index contributed by atoms with van der Waals surface area (Å²) < 4.78 is 0. The number of nitrogen functional groups attached to an aromatic ring is 1. The monoisotopic (exact) mass is 192 g/mol. The quantitative estimate of drug-likeness (QED) is 0.746. The van der Waals surface area contributed by atoms with E-state index in [1.807, 2.05) is 13.1 Å². The van der Waals surface area contributed by atoms with Gasteiger partial charge in [-0.2, -0.15) is 0 Å². The molecule has 0 saturated heterocycles. The third-order valence-corrected chi connectivity index (χ3v) is 2.19. The molecule has 76 valence electrons. The molecule has 0 aliphatic heterocycles. The lowest BCUT2D eigenvalue weighted by Crippen LogP contribution is -1.97. The fourth-order valence-electron chi connectivity index (χ4n) is 0.887. The summed E-state index contributed by atoms with van der Waals surface area (Å²) in [6, 6.07) is 0. The van der Waals surface area contributed by atoms with Gasteiger partial charge in [-0.3, -0.25) is 0 Å². The number of aromatic nitrogens is 2. The first-order chi connectivity index (χ1) is 6.65. The molecule has 0 spiro atoms. The van der Waals surface area contributed by atoms with Crippen LogP contribution in [0.25, 0.3) is 0 Å². The number of hydrogen-bond acceptors (Lipinski definition) is 4. The van der Waals surface area contributed by atoms with Crippen LogP contribution in [-0.2, 0) is 0 Å². The highest BCUT2D eigenvalue weighted by atomic mass is 15.0. The Morgan fingerprint density at radius 3 is 2.93 bits per heavy atom. The van der Waals surface area contributed by atoms with Gasteiger partial charge in [-0.05, 0) is 19.3 Å². The van der Waals surface area contributed by atoms with Crippen LogP contribution in [0.15, 0.2) is 11.3 Å². The normalized spacial score (nSPS) is 13.4. The molecule has 14 heavy (non-hydrogen) atoms. The number of nitrogens with two attached hydrogens (primary N) is 1. The summed E-state index contributed by atoms with van der Waals surface area (Å²) in [5.41, 5.74) is 6.47. The fourth-order valence-corrected chi connectivity index (χ4v) is 0.887. The molecule has 4 nitrogen and oxygen atoms in total. The highest BCUT2D eigenvalue weighted by molar-refractivity contribution is 5.66. The third kappa shape index (κ3) is 2.52. The zero-order valence-electron chi connectivity index (χ0n) is 8.86. The van der Waals surface area contributed by atoms with Crippen LogP contribution in [0.5, 0.6) is 0 Å². The lowest BCUT2D eigenvalue weighted by atomic mass is 10.1. The van der Waals surface area contributed by atoms with E-state index in [9.17, 15) is 0 Å².